The lowest BCUT2D eigenvalue weighted by Gasteiger charge is -2.09. The number of hydrogen-bond acceptors (Lipinski definition) is 3. The average Bonchev–Trinajstić information content (AvgIpc) is 2.38. The van der Waals surface area contributed by atoms with Crippen molar-refractivity contribution < 1.29 is 9.90 Å². The summed E-state index contributed by atoms with van der Waals surface area (Å²) in [4.78, 5) is 15.1. The van der Waals surface area contributed by atoms with Gasteiger partial charge in [-0.2, -0.15) is 0 Å². The summed E-state index contributed by atoms with van der Waals surface area (Å²) in [6.07, 6.45) is 0. The molecule has 4 nitrogen and oxygen atoms in total. The zero-order chi connectivity index (χ0) is 13.8. The van der Waals surface area contributed by atoms with Crippen LogP contribution in [0.4, 0.5) is 5.82 Å². The summed E-state index contributed by atoms with van der Waals surface area (Å²) in [5.74, 6) is -0.754. The van der Waals surface area contributed by atoms with Crippen LogP contribution in [-0.2, 0) is 6.54 Å². The average molecular weight is 277 g/mol. The van der Waals surface area contributed by atoms with E-state index in [1.54, 1.807) is 0 Å². The zero-order valence-electron chi connectivity index (χ0n) is 10.4. The van der Waals surface area contributed by atoms with E-state index in [-0.39, 0.29) is 16.5 Å². The van der Waals surface area contributed by atoms with Crippen LogP contribution in [0, 0.1) is 6.92 Å². The van der Waals surface area contributed by atoms with Gasteiger partial charge in [0.05, 0.1) is 0 Å². The Bertz CT molecular complexity index is 597. The molecule has 0 aliphatic rings. The van der Waals surface area contributed by atoms with Crippen molar-refractivity contribution in [1.82, 2.24) is 4.98 Å². The lowest BCUT2D eigenvalue weighted by Crippen LogP contribution is -2.08. The Kier molecular flexibility index (Phi) is 4.02. The second kappa shape index (κ2) is 5.71. The van der Waals surface area contributed by atoms with E-state index in [1.165, 1.54) is 17.7 Å². The molecule has 98 valence electrons. The van der Waals surface area contributed by atoms with Crippen molar-refractivity contribution in [1.29, 1.82) is 0 Å². The first-order chi connectivity index (χ1) is 9.06. The van der Waals surface area contributed by atoms with E-state index in [4.69, 9.17) is 16.7 Å². The van der Waals surface area contributed by atoms with E-state index < -0.39 is 5.97 Å². The van der Waals surface area contributed by atoms with Crippen molar-refractivity contribution in [2.45, 2.75) is 13.5 Å². The highest BCUT2D eigenvalue weighted by Gasteiger charge is 2.11. The molecule has 1 aromatic heterocycles. The van der Waals surface area contributed by atoms with Crippen LogP contribution in [-0.4, -0.2) is 16.1 Å². The number of aromatic nitrogens is 1. The first-order valence-electron chi connectivity index (χ1n) is 5.75. The van der Waals surface area contributed by atoms with E-state index in [1.807, 2.05) is 31.2 Å². The van der Waals surface area contributed by atoms with Crippen molar-refractivity contribution in [3.63, 3.8) is 0 Å². The van der Waals surface area contributed by atoms with Crippen molar-refractivity contribution in [2.75, 3.05) is 5.32 Å². The van der Waals surface area contributed by atoms with Gasteiger partial charge in [0.2, 0.25) is 0 Å². The number of halogens is 1. The number of aryl methyl sites for hydroxylation is 1. The molecular formula is C14H13ClN2O2. The molecular weight excluding hydrogens is 264 g/mol. The van der Waals surface area contributed by atoms with Crippen LogP contribution in [0.2, 0.25) is 5.15 Å². The number of carboxylic acids is 1. The number of rotatable bonds is 4. The fraction of sp³-hybridized carbons (Fsp3) is 0.143. The first kappa shape index (κ1) is 13.4. The fourth-order valence-corrected chi connectivity index (χ4v) is 1.78. The molecule has 0 bridgehead atoms. The number of carboxylic acid groups (broad SMARTS) is 1. The number of aromatic carboxylic acids is 1. The number of carbonyl (C=O) groups is 1. The molecule has 2 rings (SSSR count). The molecule has 1 heterocycles. The molecule has 0 aliphatic heterocycles. The Morgan fingerprint density at radius 2 is 1.95 bits per heavy atom. The summed E-state index contributed by atoms with van der Waals surface area (Å²) in [5.41, 5.74) is 2.33. The smallest absolute Gasteiger partial charge is 0.339 e. The van der Waals surface area contributed by atoms with E-state index in [0.29, 0.717) is 6.54 Å². The van der Waals surface area contributed by atoms with Gasteiger partial charge in [0.25, 0.3) is 0 Å². The molecule has 2 N–H and O–H groups in total. The summed E-state index contributed by atoms with van der Waals surface area (Å²) in [7, 11) is 0. The first-order valence-corrected chi connectivity index (χ1v) is 6.13. The van der Waals surface area contributed by atoms with Crippen molar-refractivity contribution in [3.8, 4) is 0 Å². The minimum absolute atomic E-state index is 0.108. The van der Waals surface area contributed by atoms with Gasteiger partial charge in [-0.05, 0) is 24.6 Å². The summed E-state index contributed by atoms with van der Waals surface area (Å²) in [5, 5.41) is 12.3. The van der Waals surface area contributed by atoms with E-state index in [9.17, 15) is 4.79 Å². The van der Waals surface area contributed by atoms with Crippen LogP contribution in [0.5, 0.6) is 0 Å². The molecule has 0 amide bonds. The Labute approximate surface area is 116 Å². The van der Waals surface area contributed by atoms with Crippen LogP contribution >= 0.6 is 11.6 Å². The van der Waals surface area contributed by atoms with Gasteiger partial charge < -0.3 is 10.4 Å². The summed E-state index contributed by atoms with van der Waals surface area (Å²) < 4.78 is 0. The van der Waals surface area contributed by atoms with Gasteiger partial charge in [0.15, 0.2) is 0 Å². The van der Waals surface area contributed by atoms with Gasteiger partial charge in [0.1, 0.15) is 16.5 Å². The standard InChI is InChI=1S/C14H13ClN2O2/c1-9-2-4-10(5-3-9)8-16-13-11(14(18)19)6-7-12(15)17-13/h2-7H,8H2,1H3,(H,16,17)(H,18,19). The quantitative estimate of drug-likeness (QED) is 0.841. The molecule has 5 heteroatoms. The van der Waals surface area contributed by atoms with E-state index in [0.717, 1.165) is 5.56 Å². The maximum Gasteiger partial charge on any atom is 0.339 e. The minimum atomic E-state index is -1.03. The highest BCUT2D eigenvalue weighted by molar-refractivity contribution is 6.29. The van der Waals surface area contributed by atoms with Crippen LogP contribution in [0.3, 0.4) is 0 Å². The molecule has 2 aromatic rings. The highest BCUT2D eigenvalue weighted by atomic mass is 35.5. The largest absolute Gasteiger partial charge is 0.478 e. The normalized spacial score (nSPS) is 10.2. The minimum Gasteiger partial charge on any atom is -0.478 e. The fourth-order valence-electron chi connectivity index (χ4n) is 1.63. The van der Waals surface area contributed by atoms with Crippen LogP contribution in [0.25, 0.3) is 0 Å². The lowest BCUT2D eigenvalue weighted by molar-refractivity contribution is 0.0697. The molecule has 1 aromatic carbocycles. The predicted octanol–water partition coefficient (Wildman–Crippen LogP) is 3.35. The molecule has 0 aliphatic carbocycles. The third-order valence-corrected chi connectivity index (χ3v) is 2.88. The highest BCUT2D eigenvalue weighted by Crippen LogP contribution is 2.17. The topological polar surface area (TPSA) is 62.2 Å². The van der Waals surface area contributed by atoms with E-state index >= 15 is 0 Å². The van der Waals surface area contributed by atoms with Gasteiger partial charge >= 0.3 is 5.97 Å². The van der Waals surface area contributed by atoms with Crippen molar-refractivity contribution in [3.05, 3.63) is 58.2 Å². The lowest BCUT2D eigenvalue weighted by atomic mass is 10.1. The number of pyridine rings is 1. The second-order valence-electron chi connectivity index (χ2n) is 4.17. The SMILES string of the molecule is Cc1ccc(CNc2nc(Cl)ccc2C(=O)O)cc1. The number of nitrogens with one attached hydrogen (secondary N) is 1. The molecule has 0 unspecified atom stereocenters. The molecule has 0 fully saturated rings. The third-order valence-electron chi connectivity index (χ3n) is 2.67. The molecule has 0 atom stereocenters. The van der Waals surface area contributed by atoms with Gasteiger partial charge in [-0.1, -0.05) is 41.4 Å². The van der Waals surface area contributed by atoms with E-state index in [2.05, 4.69) is 10.3 Å². The monoisotopic (exact) mass is 276 g/mol. The summed E-state index contributed by atoms with van der Waals surface area (Å²) in [6, 6.07) is 10.9. The Balaban J connectivity index is 2.16. The molecule has 0 saturated heterocycles. The van der Waals surface area contributed by atoms with Crippen LogP contribution < -0.4 is 5.32 Å². The molecule has 0 saturated carbocycles. The maximum atomic E-state index is 11.1. The summed E-state index contributed by atoms with van der Waals surface area (Å²) in [6.45, 7) is 2.51. The second-order valence-corrected chi connectivity index (χ2v) is 4.56. The Hall–Kier alpha value is -2.07. The van der Waals surface area contributed by atoms with Gasteiger partial charge in [0, 0.05) is 6.54 Å². The third kappa shape index (κ3) is 3.45. The number of anilines is 1. The van der Waals surface area contributed by atoms with Gasteiger partial charge in [-0.15, -0.1) is 0 Å². The Morgan fingerprint density at radius 1 is 1.26 bits per heavy atom. The molecule has 19 heavy (non-hydrogen) atoms. The number of nitrogens with zero attached hydrogens (tertiary/aromatic N) is 1. The van der Waals surface area contributed by atoms with Crippen LogP contribution in [0.15, 0.2) is 36.4 Å². The number of hydrogen-bond donors (Lipinski definition) is 2. The zero-order valence-corrected chi connectivity index (χ0v) is 11.1. The van der Waals surface area contributed by atoms with Crippen molar-refractivity contribution >= 4 is 23.4 Å². The van der Waals surface area contributed by atoms with Crippen molar-refractivity contribution in [2.24, 2.45) is 0 Å². The van der Waals surface area contributed by atoms with Gasteiger partial charge in [-0.25, -0.2) is 9.78 Å². The molecule has 0 spiro atoms. The van der Waals surface area contributed by atoms with Gasteiger partial charge in [-0.3, -0.25) is 0 Å². The maximum absolute atomic E-state index is 11.1. The Morgan fingerprint density at radius 3 is 2.58 bits per heavy atom. The molecule has 0 radical (unpaired) electrons. The number of benzene rings is 1. The predicted molar refractivity (Wildman–Crippen MR) is 74.7 cm³/mol. The summed E-state index contributed by atoms with van der Waals surface area (Å²) >= 11 is 5.78. The van der Waals surface area contributed by atoms with Crippen LogP contribution in [0.1, 0.15) is 21.5 Å².